The number of nitrogens with one attached hydrogen (secondary N) is 1. The second-order valence-electron chi connectivity index (χ2n) is 6.10. The van der Waals surface area contributed by atoms with Crippen molar-refractivity contribution in [3.8, 4) is 17.9 Å². The summed E-state index contributed by atoms with van der Waals surface area (Å²) in [7, 11) is 0. The Bertz CT molecular complexity index is 1020. The third kappa shape index (κ3) is 4.84. The number of carbonyl (C=O) groups excluding carboxylic acids is 1. The summed E-state index contributed by atoms with van der Waals surface area (Å²) >= 11 is 0. The van der Waals surface area contributed by atoms with Crippen LogP contribution >= 0.6 is 0 Å². The molecule has 0 heterocycles. The van der Waals surface area contributed by atoms with Crippen LogP contribution in [0.15, 0.2) is 78.9 Å². The van der Waals surface area contributed by atoms with Gasteiger partial charge < -0.3 is 5.32 Å². The summed E-state index contributed by atoms with van der Waals surface area (Å²) in [6, 6.07) is 25.9. The number of hydrogen-bond donors (Lipinski definition) is 1. The molecule has 3 rings (SSSR count). The molecule has 1 N–H and O–H groups in total. The first kappa shape index (κ1) is 18.0. The minimum atomic E-state index is -0.0523. The molecular formula is C24H18N2O. The van der Waals surface area contributed by atoms with Crippen LogP contribution in [0, 0.1) is 23.2 Å². The van der Waals surface area contributed by atoms with Crippen molar-refractivity contribution in [2.24, 2.45) is 0 Å². The Labute approximate surface area is 159 Å². The first-order valence-electron chi connectivity index (χ1n) is 8.64. The fourth-order valence-corrected chi connectivity index (χ4v) is 2.58. The number of rotatable bonds is 4. The van der Waals surface area contributed by atoms with Gasteiger partial charge in [-0.15, -0.1) is 0 Å². The predicted octanol–water partition coefficient (Wildman–Crippen LogP) is 4.64. The van der Waals surface area contributed by atoms with E-state index in [1.54, 1.807) is 24.3 Å². The van der Waals surface area contributed by atoms with Crippen molar-refractivity contribution >= 4 is 11.5 Å². The Balaban J connectivity index is 1.64. The zero-order valence-electron chi connectivity index (χ0n) is 14.9. The average molecular weight is 350 g/mol. The van der Waals surface area contributed by atoms with Crippen LogP contribution in [0.4, 0.5) is 5.69 Å². The lowest BCUT2D eigenvalue weighted by Crippen LogP contribution is -2.12. The second kappa shape index (κ2) is 8.52. The molecule has 0 saturated heterocycles. The lowest BCUT2D eigenvalue weighted by atomic mass is 10.0. The number of anilines is 1. The Morgan fingerprint density at radius 2 is 1.44 bits per heavy atom. The maximum absolute atomic E-state index is 12.4. The molecule has 0 radical (unpaired) electrons. The van der Waals surface area contributed by atoms with E-state index in [1.165, 1.54) is 0 Å². The summed E-state index contributed by atoms with van der Waals surface area (Å²) in [5, 5.41) is 12.1. The lowest BCUT2D eigenvalue weighted by Gasteiger charge is -2.09. The molecule has 3 aromatic rings. The molecule has 1 unspecified atom stereocenters. The van der Waals surface area contributed by atoms with E-state index in [0.717, 1.165) is 11.3 Å². The number of nitrogens with zero attached hydrogens (tertiary/aromatic N) is 1. The van der Waals surface area contributed by atoms with Gasteiger partial charge in [0.15, 0.2) is 5.78 Å². The van der Waals surface area contributed by atoms with Gasteiger partial charge in [-0.25, -0.2) is 0 Å². The van der Waals surface area contributed by atoms with Crippen molar-refractivity contribution in [2.75, 3.05) is 5.32 Å². The summed E-state index contributed by atoms with van der Waals surface area (Å²) < 4.78 is 0. The summed E-state index contributed by atoms with van der Waals surface area (Å²) in [6.45, 7) is 1.97. The largest absolute Gasteiger partial charge is 0.372 e. The van der Waals surface area contributed by atoms with Gasteiger partial charge in [0, 0.05) is 22.4 Å². The number of carbonyl (C=O) groups is 1. The normalized spacial score (nSPS) is 10.8. The number of ketones is 1. The van der Waals surface area contributed by atoms with Gasteiger partial charge in [-0.05, 0) is 55.5 Å². The summed E-state index contributed by atoms with van der Waals surface area (Å²) in [6.07, 6.45) is 0. The van der Waals surface area contributed by atoms with Gasteiger partial charge in [0.1, 0.15) is 0 Å². The number of hydrogen-bond acceptors (Lipinski definition) is 3. The van der Waals surface area contributed by atoms with Crippen molar-refractivity contribution in [1.82, 2.24) is 0 Å². The van der Waals surface area contributed by atoms with E-state index in [4.69, 9.17) is 5.26 Å². The van der Waals surface area contributed by atoms with Gasteiger partial charge in [-0.1, -0.05) is 42.2 Å². The van der Waals surface area contributed by atoms with Crippen LogP contribution in [-0.2, 0) is 0 Å². The molecule has 3 nitrogen and oxygen atoms in total. The molecule has 130 valence electrons. The van der Waals surface area contributed by atoms with E-state index < -0.39 is 0 Å². The van der Waals surface area contributed by atoms with Crippen LogP contribution in [0.5, 0.6) is 0 Å². The van der Waals surface area contributed by atoms with Crippen LogP contribution in [0.3, 0.4) is 0 Å². The summed E-state index contributed by atoms with van der Waals surface area (Å²) in [5.74, 6) is 6.27. The van der Waals surface area contributed by atoms with Crippen LogP contribution in [0.1, 0.15) is 34.0 Å². The predicted molar refractivity (Wildman–Crippen MR) is 107 cm³/mol. The minimum Gasteiger partial charge on any atom is -0.372 e. The van der Waals surface area contributed by atoms with E-state index >= 15 is 0 Å². The van der Waals surface area contributed by atoms with Gasteiger partial charge in [-0.3, -0.25) is 4.79 Å². The van der Waals surface area contributed by atoms with Gasteiger partial charge in [0.05, 0.1) is 17.7 Å². The van der Waals surface area contributed by atoms with Crippen molar-refractivity contribution in [3.05, 3.63) is 101 Å². The van der Waals surface area contributed by atoms with E-state index in [9.17, 15) is 4.79 Å². The van der Waals surface area contributed by atoms with Crippen molar-refractivity contribution < 1.29 is 4.79 Å². The monoisotopic (exact) mass is 350 g/mol. The maximum Gasteiger partial charge on any atom is 0.193 e. The molecule has 0 fully saturated rings. The van der Waals surface area contributed by atoms with Gasteiger partial charge in [0.2, 0.25) is 0 Å². The molecule has 3 heteroatoms. The molecule has 0 aromatic heterocycles. The maximum atomic E-state index is 12.4. The lowest BCUT2D eigenvalue weighted by molar-refractivity contribution is 0.103. The Hall–Kier alpha value is -3.82. The second-order valence-corrected chi connectivity index (χ2v) is 6.10. The van der Waals surface area contributed by atoms with E-state index in [1.807, 2.05) is 61.5 Å². The Morgan fingerprint density at radius 3 is 2.07 bits per heavy atom. The molecule has 27 heavy (non-hydrogen) atoms. The first-order valence-corrected chi connectivity index (χ1v) is 8.64. The van der Waals surface area contributed by atoms with Gasteiger partial charge >= 0.3 is 0 Å². The summed E-state index contributed by atoms with van der Waals surface area (Å²) in [4.78, 5) is 12.4. The highest BCUT2D eigenvalue weighted by molar-refractivity contribution is 6.08. The molecule has 0 aliphatic rings. The third-order valence-corrected chi connectivity index (χ3v) is 4.01. The smallest absolute Gasteiger partial charge is 0.193 e. The average Bonchev–Trinajstić information content (AvgIpc) is 2.73. The number of nitriles is 1. The molecule has 0 amide bonds. The molecule has 0 spiro atoms. The molecular weight excluding hydrogens is 332 g/mol. The first-order chi connectivity index (χ1) is 13.2. The fourth-order valence-electron chi connectivity index (χ4n) is 2.58. The highest BCUT2D eigenvalue weighted by Crippen LogP contribution is 2.12. The van der Waals surface area contributed by atoms with E-state index in [0.29, 0.717) is 16.7 Å². The Morgan fingerprint density at radius 1 is 0.852 bits per heavy atom. The molecule has 3 aromatic carbocycles. The van der Waals surface area contributed by atoms with Crippen LogP contribution in [0.2, 0.25) is 0 Å². The van der Waals surface area contributed by atoms with E-state index in [2.05, 4.69) is 23.2 Å². The molecule has 0 aliphatic heterocycles. The van der Waals surface area contributed by atoms with Crippen molar-refractivity contribution in [1.29, 1.82) is 5.26 Å². The van der Waals surface area contributed by atoms with Crippen molar-refractivity contribution in [2.45, 2.75) is 13.0 Å². The van der Waals surface area contributed by atoms with Gasteiger partial charge in [-0.2, -0.15) is 5.26 Å². The molecule has 0 saturated carbocycles. The van der Waals surface area contributed by atoms with Crippen LogP contribution in [-0.4, -0.2) is 11.8 Å². The SMILES string of the molecule is CC(C#Cc1ccc(C(=O)c2ccccc2)cc1)Nc1ccc(C#N)cc1. The van der Waals surface area contributed by atoms with E-state index in [-0.39, 0.29) is 11.8 Å². The highest BCUT2D eigenvalue weighted by atomic mass is 16.1. The summed E-state index contributed by atoms with van der Waals surface area (Å²) in [5.41, 5.74) is 3.73. The minimum absolute atomic E-state index is 0.00552. The van der Waals surface area contributed by atoms with Crippen molar-refractivity contribution in [3.63, 3.8) is 0 Å². The fraction of sp³-hybridized carbons (Fsp3) is 0.0833. The highest BCUT2D eigenvalue weighted by Gasteiger charge is 2.07. The Kier molecular flexibility index (Phi) is 5.67. The van der Waals surface area contributed by atoms with Crippen LogP contribution < -0.4 is 5.32 Å². The molecule has 0 aliphatic carbocycles. The number of benzene rings is 3. The third-order valence-electron chi connectivity index (χ3n) is 4.01. The molecule has 0 bridgehead atoms. The topological polar surface area (TPSA) is 52.9 Å². The van der Waals surface area contributed by atoms with Crippen LogP contribution in [0.25, 0.3) is 0 Å². The van der Waals surface area contributed by atoms with Gasteiger partial charge in [0.25, 0.3) is 0 Å². The molecule has 1 atom stereocenters. The quantitative estimate of drug-likeness (QED) is 0.551. The standard InChI is InChI=1S/C24H18N2O/c1-18(26-23-15-11-20(17-25)12-16-23)7-8-19-9-13-22(14-10-19)24(27)21-5-3-2-4-6-21/h2-6,9-16,18,26H,1H3. The zero-order chi connectivity index (χ0) is 19.1. The zero-order valence-corrected chi connectivity index (χ0v) is 14.9.